The number of carbonyl (C=O) groups excluding carboxylic acids is 1. The highest BCUT2D eigenvalue weighted by Crippen LogP contribution is 2.33. The van der Waals surface area contributed by atoms with Gasteiger partial charge in [-0.15, -0.1) is 11.3 Å². The zero-order chi connectivity index (χ0) is 25.0. The summed E-state index contributed by atoms with van der Waals surface area (Å²) in [5.41, 5.74) is 0.633. The van der Waals surface area contributed by atoms with Crippen LogP contribution in [0.4, 0.5) is 5.82 Å². The normalized spacial score (nSPS) is 20.3. The largest absolute Gasteiger partial charge is 0.378 e. The van der Waals surface area contributed by atoms with Crippen LogP contribution in [-0.4, -0.2) is 102 Å². The number of rotatable bonds is 5. The van der Waals surface area contributed by atoms with Crippen LogP contribution in [0.5, 0.6) is 0 Å². The van der Waals surface area contributed by atoms with Crippen molar-refractivity contribution in [2.45, 2.75) is 59.5 Å². The first-order chi connectivity index (χ1) is 16.9. The average Bonchev–Trinajstić information content (AvgIpc) is 3.55. The zero-order valence-electron chi connectivity index (χ0n) is 22.2. The Morgan fingerprint density at radius 3 is 2.31 bits per heavy atom. The predicted molar refractivity (Wildman–Crippen MR) is 143 cm³/mol. The Labute approximate surface area is 214 Å². The first-order valence-electron chi connectivity index (χ1n) is 13.3. The Balaban J connectivity index is 0.00000141. The number of piperazine rings is 1. The van der Waals surface area contributed by atoms with E-state index in [1.54, 1.807) is 0 Å². The second kappa shape index (κ2) is 11.5. The maximum absolute atomic E-state index is 13.1. The fourth-order valence-electron chi connectivity index (χ4n) is 5.27. The Hall–Kier alpha value is -1.81. The van der Waals surface area contributed by atoms with Crippen molar-refractivity contribution < 1.29 is 9.53 Å². The van der Waals surface area contributed by atoms with E-state index in [1.807, 2.05) is 32.1 Å². The van der Waals surface area contributed by atoms with Crippen LogP contribution in [-0.2, 0) is 16.1 Å². The number of thiophene rings is 1. The van der Waals surface area contributed by atoms with E-state index in [0.717, 1.165) is 102 Å². The fourth-order valence-corrected chi connectivity index (χ4v) is 6.43. The summed E-state index contributed by atoms with van der Waals surface area (Å²) in [4.78, 5) is 33.2. The molecule has 2 aromatic rings. The minimum absolute atomic E-state index is 0.294. The van der Waals surface area contributed by atoms with Crippen molar-refractivity contribution in [2.75, 3.05) is 70.5 Å². The predicted octanol–water partition coefficient (Wildman–Crippen LogP) is 3.38. The van der Waals surface area contributed by atoms with E-state index in [9.17, 15) is 4.79 Å². The highest BCUT2D eigenvalue weighted by atomic mass is 32.1. The summed E-state index contributed by atoms with van der Waals surface area (Å²) in [5, 5.41) is 0. The number of hydrogen-bond donors (Lipinski definition) is 0. The molecule has 5 heterocycles. The molecule has 0 N–H and O–H groups in total. The molecule has 1 amide bonds. The van der Waals surface area contributed by atoms with Gasteiger partial charge in [-0.25, -0.2) is 9.97 Å². The Morgan fingerprint density at radius 1 is 1.00 bits per heavy atom. The zero-order valence-corrected chi connectivity index (χ0v) is 23.0. The summed E-state index contributed by atoms with van der Waals surface area (Å²) in [6.45, 7) is 20.0. The van der Waals surface area contributed by atoms with Crippen molar-refractivity contribution in [3.05, 3.63) is 16.8 Å². The number of fused-ring (bicyclic) bond motifs is 1. The van der Waals surface area contributed by atoms with Crippen molar-refractivity contribution in [1.82, 2.24) is 24.7 Å². The summed E-state index contributed by atoms with van der Waals surface area (Å²) in [7, 11) is 0. The number of likely N-dealkylation sites (tertiary alicyclic amines) is 1. The van der Waals surface area contributed by atoms with Gasteiger partial charge < -0.3 is 14.5 Å². The van der Waals surface area contributed by atoms with Gasteiger partial charge in [-0.05, 0) is 39.7 Å². The quantitative estimate of drug-likeness (QED) is 0.621. The SMILES string of the molecule is CC.Cc1nc(N2CCOCC2)c2sc(CN3CCN(C(C)(C)C(=O)N4CCCC4)CC3)cc2n1. The number of aryl methyl sites for hydroxylation is 1. The van der Waals surface area contributed by atoms with E-state index >= 15 is 0 Å². The highest BCUT2D eigenvalue weighted by molar-refractivity contribution is 7.19. The van der Waals surface area contributed by atoms with Crippen LogP contribution in [0.1, 0.15) is 51.2 Å². The van der Waals surface area contributed by atoms with E-state index in [4.69, 9.17) is 14.7 Å². The van der Waals surface area contributed by atoms with Crippen LogP contribution in [0.2, 0.25) is 0 Å². The molecule has 0 bridgehead atoms. The van der Waals surface area contributed by atoms with Gasteiger partial charge in [-0.2, -0.15) is 0 Å². The molecule has 0 aromatic carbocycles. The van der Waals surface area contributed by atoms with Crippen LogP contribution < -0.4 is 4.90 Å². The minimum Gasteiger partial charge on any atom is -0.378 e. The Bertz CT molecular complexity index is 989. The van der Waals surface area contributed by atoms with Crippen LogP contribution in [0.3, 0.4) is 0 Å². The van der Waals surface area contributed by atoms with E-state index in [1.165, 1.54) is 9.58 Å². The Kier molecular flexibility index (Phi) is 8.63. The lowest BCUT2D eigenvalue weighted by Gasteiger charge is -2.44. The second-order valence-corrected chi connectivity index (χ2v) is 11.1. The number of amides is 1. The standard InChI is InChI=1S/C24H36N6O2S.C2H6/c1-18-25-20-16-19(33-21(20)22(26-18)28-12-14-32-15-13-28)17-27-8-10-30(11-9-27)24(2,3)23(31)29-6-4-5-7-29;1-2/h16H,4-15,17H2,1-3H3;1-2H3. The number of carbonyl (C=O) groups is 1. The number of ether oxygens (including phenoxy) is 1. The molecule has 0 radical (unpaired) electrons. The molecule has 3 aliphatic rings. The topological polar surface area (TPSA) is 65.0 Å². The lowest BCUT2D eigenvalue weighted by Crippen LogP contribution is -2.60. The lowest BCUT2D eigenvalue weighted by molar-refractivity contribution is -0.142. The first-order valence-corrected chi connectivity index (χ1v) is 14.1. The molecule has 194 valence electrons. The molecule has 3 fully saturated rings. The van der Waals surface area contributed by atoms with Gasteiger partial charge in [0.1, 0.15) is 5.82 Å². The maximum Gasteiger partial charge on any atom is 0.242 e. The molecule has 0 aliphatic carbocycles. The van der Waals surface area contributed by atoms with E-state index in [0.29, 0.717) is 5.91 Å². The molecule has 0 saturated carbocycles. The van der Waals surface area contributed by atoms with Gasteiger partial charge in [0.15, 0.2) is 5.82 Å². The molecule has 3 saturated heterocycles. The summed E-state index contributed by atoms with van der Waals surface area (Å²) in [5.74, 6) is 2.18. The second-order valence-electron chi connectivity index (χ2n) is 9.94. The van der Waals surface area contributed by atoms with E-state index in [2.05, 4.69) is 39.5 Å². The molecule has 3 aliphatic heterocycles. The first kappa shape index (κ1) is 26.3. The lowest BCUT2D eigenvalue weighted by atomic mass is 9.99. The molecule has 0 spiro atoms. The van der Waals surface area contributed by atoms with Crippen molar-refractivity contribution in [3.8, 4) is 0 Å². The van der Waals surface area contributed by atoms with Crippen molar-refractivity contribution in [1.29, 1.82) is 0 Å². The summed E-state index contributed by atoms with van der Waals surface area (Å²) < 4.78 is 6.72. The van der Waals surface area contributed by atoms with Gasteiger partial charge in [-0.1, -0.05) is 13.8 Å². The van der Waals surface area contributed by atoms with Crippen LogP contribution in [0.25, 0.3) is 10.2 Å². The molecule has 8 nitrogen and oxygen atoms in total. The van der Waals surface area contributed by atoms with Gasteiger partial charge >= 0.3 is 0 Å². The molecular weight excluding hydrogens is 460 g/mol. The fraction of sp³-hybridized carbons (Fsp3) is 0.731. The van der Waals surface area contributed by atoms with Gasteiger partial charge in [0, 0.05) is 63.8 Å². The third-order valence-electron chi connectivity index (χ3n) is 7.29. The van der Waals surface area contributed by atoms with E-state index < -0.39 is 5.54 Å². The third-order valence-corrected chi connectivity index (χ3v) is 8.39. The molecule has 9 heteroatoms. The van der Waals surface area contributed by atoms with Crippen molar-refractivity contribution >= 4 is 33.3 Å². The molecular formula is C26H42N6O2S. The number of hydrogen-bond acceptors (Lipinski definition) is 8. The van der Waals surface area contributed by atoms with Gasteiger partial charge in [-0.3, -0.25) is 14.6 Å². The third kappa shape index (κ3) is 5.79. The van der Waals surface area contributed by atoms with Gasteiger partial charge in [0.05, 0.1) is 29.0 Å². The smallest absolute Gasteiger partial charge is 0.242 e. The molecule has 0 atom stereocenters. The molecule has 5 rings (SSSR count). The molecule has 0 unspecified atom stereocenters. The van der Waals surface area contributed by atoms with Crippen molar-refractivity contribution in [2.24, 2.45) is 0 Å². The van der Waals surface area contributed by atoms with Gasteiger partial charge in [0.2, 0.25) is 5.91 Å². The summed E-state index contributed by atoms with van der Waals surface area (Å²) in [6, 6.07) is 2.24. The number of aromatic nitrogens is 2. The van der Waals surface area contributed by atoms with Crippen LogP contribution in [0, 0.1) is 6.92 Å². The number of anilines is 1. The van der Waals surface area contributed by atoms with Gasteiger partial charge in [0.25, 0.3) is 0 Å². The van der Waals surface area contributed by atoms with Crippen LogP contribution >= 0.6 is 11.3 Å². The Morgan fingerprint density at radius 2 is 1.66 bits per heavy atom. The monoisotopic (exact) mass is 502 g/mol. The van der Waals surface area contributed by atoms with Crippen molar-refractivity contribution in [3.63, 3.8) is 0 Å². The minimum atomic E-state index is -0.422. The van der Waals surface area contributed by atoms with E-state index in [-0.39, 0.29) is 0 Å². The summed E-state index contributed by atoms with van der Waals surface area (Å²) in [6.07, 6.45) is 2.28. The highest BCUT2D eigenvalue weighted by Gasteiger charge is 2.39. The van der Waals surface area contributed by atoms with Crippen LogP contribution in [0.15, 0.2) is 6.07 Å². The average molecular weight is 503 g/mol. The summed E-state index contributed by atoms with van der Waals surface area (Å²) >= 11 is 1.82. The number of morpholine rings is 1. The number of nitrogens with zero attached hydrogens (tertiary/aromatic N) is 6. The molecule has 2 aromatic heterocycles. The maximum atomic E-state index is 13.1. The molecule has 35 heavy (non-hydrogen) atoms.